The molecule has 0 saturated heterocycles. The van der Waals surface area contributed by atoms with Crippen LogP contribution in [0.15, 0.2) is 30.3 Å². The standard InChI is InChI=1S/C15H18ClN3O2/c1-2-3-12-8-13(19-18-12)15(21)17-14(9-20)10-4-6-11(16)7-5-10/h4-8,14,20H,2-3,9H2,1H3,(H,17,21)(H,18,19). The lowest BCUT2D eigenvalue weighted by atomic mass is 10.1. The second-order valence-electron chi connectivity index (χ2n) is 4.79. The number of aliphatic hydroxyl groups is 1. The van der Waals surface area contributed by atoms with Crippen LogP contribution >= 0.6 is 11.6 Å². The fourth-order valence-electron chi connectivity index (χ4n) is 2.04. The highest BCUT2D eigenvalue weighted by molar-refractivity contribution is 6.30. The van der Waals surface area contributed by atoms with Crippen LogP contribution < -0.4 is 5.32 Å². The summed E-state index contributed by atoms with van der Waals surface area (Å²) in [6.07, 6.45) is 1.83. The molecule has 2 aromatic rings. The highest BCUT2D eigenvalue weighted by Gasteiger charge is 2.17. The third kappa shape index (κ3) is 4.06. The van der Waals surface area contributed by atoms with E-state index in [-0.39, 0.29) is 12.5 Å². The molecular weight excluding hydrogens is 290 g/mol. The van der Waals surface area contributed by atoms with Gasteiger partial charge in [0.05, 0.1) is 12.6 Å². The van der Waals surface area contributed by atoms with Crippen LogP contribution in [0.2, 0.25) is 5.02 Å². The number of nitrogens with zero attached hydrogens (tertiary/aromatic N) is 1. The Morgan fingerprint density at radius 2 is 2.14 bits per heavy atom. The van der Waals surface area contributed by atoms with Gasteiger partial charge in [0, 0.05) is 10.7 Å². The first-order valence-electron chi connectivity index (χ1n) is 6.85. The summed E-state index contributed by atoms with van der Waals surface area (Å²) >= 11 is 5.83. The zero-order valence-electron chi connectivity index (χ0n) is 11.8. The molecule has 1 aromatic heterocycles. The van der Waals surface area contributed by atoms with Gasteiger partial charge in [-0.1, -0.05) is 37.1 Å². The van der Waals surface area contributed by atoms with Crippen molar-refractivity contribution in [2.75, 3.05) is 6.61 Å². The van der Waals surface area contributed by atoms with Crippen LogP contribution in [0.25, 0.3) is 0 Å². The Labute approximate surface area is 128 Å². The Kier molecular flexibility index (Phi) is 5.36. The maximum Gasteiger partial charge on any atom is 0.272 e. The second kappa shape index (κ2) is 7.24. The van der Waals surface area contributed by atoms with Gasteiger partial charge in [-0.15, -0.1) is 0 Å². The summed E-state index contributed by atoms with van der Waals surface area (Å²) in [5.41, 5.74) is 2.04. The molecule has 6 heteroatoms. The molecule has 0 radical (unpaired) electrons. The topological polar surface area (TPSA) is 78.0 Å². The molecule has 1 heterocycles. The highest BCUT2D eigenvalue weighted by Crippen LogP contribution is 2.16. The van der Waals surface area contributed by atoms with Gasteiger partial charge in [0.2, 0.25) is 0 Å². The van der Waals surface area contributed by atoms with E-state index in [4.69, 9.17) is 11.6 Å². The van der Waals surface area contributed by atoms with Gasteiger partial charge in [0.15, 0.2) is 0 Å². The Morgan fingerprint density at radius 3 is 2.76 bits per heavy atom. The van der Waals surface area contributed by atoms with Crippen LogP contribution in [0, 0.1) is 0 Å². The molecule has 2 rings (SSSR count). The molecule has 0 aliphatic rings. The summed E-state index contributed by atoms with van der Waals surface area (Å²) in [6, 6.07) is 8.24. The molecule has 1 aromatic carbocycles. The van der Waals surface area contributed by atoms with Crippen molar-refractivity contribution in [3.8, 4) is 0 Å². The number of aromatic nitrogens is 2. The number of carbonyl (C=O) groups is 1. The number of halogens is 1. The number of aliphatic hydroxyl groups excluding tert-OH is 1. The Morgan fingerprint density at radius 1 is 1.43 bits per heavy atom. The van der Waals surface area contributed by atoms with E-state index in [2.05, 4.69) is 22.4 Å². The third-order valence-corrected chi connectivity index (χ3v) is 3.40. The quantitative estimate of drug-likeness (QED) is 0.767. The van der Waals surface area contributed by atoms with Gasteiger partial charge in [-0.25, -0.2) is 0 Å². The summed E-state index contributed by atoms with van der Waals surface area (Å²) in [5, 5.41) is 19.7. The predicted molar refractivity (Wildman–Crippen MR) is 81.3 cm³/mol. The molecule has 112 valence electrons. The van der Waals surface area contributed by atoms with E-state index in [0.717, 1.165) is 24.1 Å². The van der Waals surface area contributed by atoms with Gasteiger partial charge >= 0.3 is 0 Å². The fraction of sp³-hybridized carbons (Fsp3) is 0.333. The van der Waals surface area contributed by atoms with E-state index in [1.807, 2.05) is 0 Å². The second-order valence-corrected chi connectivity index (χ2v) is 5.23. The zero-order chi connectivity index (χ0) is 15.2. The number of amides is 1. The van der Waals surface area contributed by atoms with E-state index in [1.54, 1.807) is 30.3 Å². The molecule has 0 saturated carbocycles. The minimum Gasteiger partial charge on any atom is -0.394 e. The molecule has 0 aliphatic heterocycles. The molecule has 0 aliphatic carbocycles. The van der Waals surface area contributed by atoms with Crippen molar-refractivity contribution >= 4 is 17.5 Å². The Bertz CT molecular complexity index is 595. The normalized spacial score (nSPS) is 12.1. The number of hydrogen-bond acceptors (Lipinski definition) is 3. The monoisotopic (exact) mass is 307 g/mol. The van der Waals surface area contributed by atoms with Crippen molar-refractivity contribution in [2.24, 2.45) is 0 Å². The predicted octanol–water partition coefficient (Wildman–Crippen LogP) is 2.48. The zero-order valence-corrected chi connectivity index (χ0v) is 12.5. The van der Waals surface area contributed by atoms with E-state index in [0.29, 0.717) is 10.7 Å². The first kappa shape index (κ1) is 15.5. The Hall–Kier alpha value is -1.85. The lowest BCUT2D eigenvalue weighted by molar-refractivity contribution is 0.0911. The van der Waals surface area contributed by atoms with E-state index in [9.17, 15) is 9.90 Å². The SMILES string of the molecule is CCCc1cc(C(=O)NC(CO)c2ccc(Cl)cc2)n[nH]1. The van der Waals surface area contributed by atoms with Gasteiger partial charge in [0.25, 0.3) is 5.91 Å². The van der Waals surface area contributed by atoms with Crippen LogP contribution in [-0.4, -0.2) is 27.8 Å². The van der Waals surface area contributed by atoms with Crippen molar-refractivity contribution in [3.63, 3.8) is 0 Å². The van der Waals surface area contributed by atoms with Gasteiger partial charge in [-0.2, -0.15) is 5.10 Å². The van der Waals surface area contributed by atoms with Crippen molar-refractivity contribution < 1.29 is 9.90 Å². The smallest absolute Gasteiger partial charge is 0.272 e. The van der Waals surface area contributed by atoms with Crippen molar-refractivity contribution in [3.05, 3.63) is 52.3 Å². The lowest BCUT2D eigenvalue weighted by Crippen LogP contribution is -2.31. The summed E-state index contributed by atoms with van der Waals surface area (Å²) < 4.78 is 0. The number of benzene rings is 1. The number of nitrogens with one attached hydrogen (secondary N) is 2. The van der Waals surface area contributed by atoms with Gasteiger partial charge in [-0.3, -0.25) is 9.89 Å². The maximum absolute atomic E-state index is 12.1. The summed E-state index contributed by atoms with van der Waals surface area (Å²) in [5.74, 6) is -0.317. The van der Waals surface area contributed by atoms with Crippen molar-refractivity contribution in [1.29, 1.82) is 0 Å². The first-order chi connectivity index (χ1) is 10.1. The molecule has 5 nitrogen and oxygen atoms in total. The van der Waals surface area contributed by atoms with Crippen LogP contribution in [0.3, 0.4) is 0 Å². The van der Waals surface area contributed by atoms with Gasteiger partial charge in [-0.05, 0) is 30.2 Å². The number of H-pyrrole nitrogens is 1. The van der Waals surface area contributed by atoms with E-state index >= 15 is 0 Å². The molecule has 0 bridgehead atoms. The van der Waals surface area contributed by atoms with E-state index < -0.39 is 6.04 Å². The van der Waals surface area contributed by atoms with Crippen LogP contribution in [0.5, 0.6) is 0 Å². The number of rotatable bonds is 6. The highest BCUT2D eigenvalue weighted by atomic mass is 35.5. The number of carbonyl (C=O) groups excluding carboxylic acids is 1. The van der Waals surface area contributed by atoms with Crippen molar-refractivity contribution in [2.45, 2.75) is 25.8 Å². The molecular formula is C15H18ClN3O2. The average Bonchev–Trinajstić information content (AvgIpc) is 2.95. The summed E-state index contributed by atoms with van der Waals surface area (Å²) in [6.45, 7) is 1.86. The molecule has 0 spiro atoms. The Balaban J connectivity index is 2.06. The average molecular weight is 308 g/mol. The van der Waals surface area contributed by atoms with Gasteiger partial charge in [0.1, 0.15) is 5.69 Å². The van der Waals surface area contributed by atoms with Crippen molar-refractivity contribution in [1.82, 2.24) is 15.5 Å². The lowest BCUT2D eigenvalue weighted by Gasteiger charge is -2.16. The van der Waals surface area contributed by atoms with Crippen LogP contribution in [-0.2, 0) is 6.42 Å². The molecule has 0 fully saturated rings. The van der Waals surface area contributed by atoms with E-state index in [1.165, 1.54) is 0 Å². The molecule has 1 amide bonds. The van der Waals surface area contributed by atoms with Crippen LogP contribution in [0.4, 0.5) is 0 Å². The molecule has 21 heavy (non-hydrogen) atoms. The minimum absolute atomic E-state index is 0.195. The summed E-state index contributed by atoms with van der Waals surface area (Å²) in [7, 11) is 0. The first-order valence-corrected chi connectivity index (χ1v) is 7.23. The largest absolute Gasteiger partial charge is 0.394 e. The fourth-order valence-corrected chi connectivity index (χ4v) is 2.16. The van der Waals surface area contributed by atoms with Gasteiger partial charge < -0.3 is 10.4 Å². The molecule has 1 unspecified atom stereocenters. The molecule has 1 atom stereocenters. The maximum atomic E-state index is 12.1. The number of aromatic amines is 1. The number of hydrogen-bond donors (Lipinski definition) is 3. The molecule has 3 N–H and O–H groups in total. The summed E-state index contributed by atoms with van der Waals surface area (Å²) in [4.78, 5) is 12.1. The third-order valence-electron chi connectivity index (χ3n) is 3.14. The minimum atomic E-state index is -0.485. The number of aryl methyl sites for hydroxylation is 1. The van der Waals surface area contributed by atoms with Crippen LogP contribution in [0.1, 0.15) is 41.1 Å².